The maximum absolute atomic E-state index is 12.6. The van der Waals surface area contributed by atoms with Crippen molar-refractivity contribution in [2.24, 2.45) is 11.8 Å². The second kappa shape index (κ2) is 4.81. The summed E-state index contributed by atoms with van der Waals surface area (Å²) in [5.41, 5.74) is 1.59. The fraction of sp³-hybridized carbons (Fsp3) is 0.467. The van der Waals surface area contributed by atoms with Crippen molar-refractivity contribution in [2.75, 3.05) is 24.7 Å². The van der Waals surface area contributed by atoms with Crippen molar-refractivity contribution in [3.63, 3.8) is 0 Å². The second-order valence-corrected chi connectivity index (χ2v) is 7.98. The standard InChI is InChI=1S/C15H18N2O4S/c1-9-8-17(22(3,20)21)15(19)12(9)13-10-6-4-5-7-11(10)16(2)14(13)18/h4-7,9,12-13H,8H2,1-3H3. The zero-order valence-corrected chi connectivity index (χ0v) is 13.5. The van der Waals surface area contributed by atoms with E-state index < -0.39 is 27.8 Å². The van der Waals surface area contributed by atoms with E-state index in [9.17, 15) is 18.0 Å². The van der Waals surface area contributed by atoms with E-state index in [1.165, 1.54) is 0 Å². The van der Waals surface area contributed by atoms with Crippen LogP contribution in [-0.4, -0.2) is 44.4 Å². The Morgan fingerprint density at radius 3 is 2.36 bits per heavy atom. The van der Waals surface area contributed by atoms with Gasteiger partial charge in [-0.15, -0.1) is 0 Å². The van der Waals surface area contributed by atoms with E-state index in [1.54, 1.807) is 11.9 Å². The van der Waals surface area contributed by atoms with Gasteiger partial charge in [0, 0.05) is 19.3 Å². The SMILES string of the molecule is CC1CN(S(C)(=O)=O)C(=O)C1C1C(=O)N(C)c2ccccc21. The lowest BCUT2D eigenvalue weighted by Crippen LogP contribution is -2.36. The Balaban J connectivity index is 2.05. The molecule has 2 aliphatic heterocycles. The van der Waals surface area contributed by atoms with E-state index in [2.05, 4.69) is 0 Å². The zero-order valence-electron chi connectivity index (χ0n) is 12.7. The van der Waals surface area contributed by atoms with E-state index in [-0.39, 0.29) is 18.4 Å². The average molecular weight is 322 g/mol. The summed E-state index contributed by atoms with van der Waals surface area (Å²) in [6.45, 7) is 1.96. The summed E-state index contributed by atoms with van der Waals surface area (Å²) in [5.74, 6) is -2.06. The molecule has 0 bridgehead atoms. The lowest BCUT2D eigenvalue weighted by atomic mass is 9.81. The smallest absolute Gasteiger partial charge is 0.240 e. The van der Waals surface area contributed by atoms with Gasteiger partial charge in [0.2, 0.25) is 21.8 Å². The molecule has 2 heterocycles. The third-order valence-corrected chi connectivity index (χ3v) is 5.72. The first-order chi connectivity index (χ1) is 10.2. The van der Waals surface area contributed by atoms with Gasteiger partial charge in [0.1, 0.15) is 0 Å². The second-order valence-electron chi connectivity index (χ2n) is 6.07. The maximum atomic E-state index is 12.6. The van der Waals surface area contributed by atoms with Crippen LogP contribution in [0.3, 0.4) is 0 Å². The maximum Gasteiger partial charge on any atom is 0.240 e. The van der Waals surface area contributed by atoms with E-state index in [0.29, 0.717) is 0 Å². The Morgan fingerprint density at radius 2 is 1.77 bits per heavy atom. The summed E-state index contributed by atoms with van der Waals surface area (Å²) < 4.78 is 24.4. The molecule has 2 amide bonds. The molecule has 2 aliphatic rings. The number of para-hydroxylation sites is 1. The highest BCUT2D eigenvalue weighted by Gasteiger charge is 2.52. The summed E-state index contributed by atoms with van der Waals surface area (Å²) in [6.07, 6.45) is 1.02. The number of anilines is 1. The normalized spacial score (nSPS) is 28.4. The first-order valence-corrected chi connectivity index (χ1v) is 8.96. The molecule has 0 N–H and O–H groups in total. The third kappa shape index (κ3) is 2.03. The molecule has 1 fully saturated rings. The molecule has 1 aromatic carbocycles. The van der Waals surface area contributed by atoms with Gasteiger partial charge in [-0.05, 0) is 17.5 Å². The van der Waals surface area contributed by atoms with Crippen LogP contribution in [0.2, 0.25) is 0 Å². The Hall–Kier alpha value is -1.89. The number of rotatable bonds is 2. The molecular weight excluding hydrogens is 304 g/mol. The monoisotopic (exact) mass is 322 g/mol. The molecular formula is C15H18N2O4S. The molecule has 0 radical (unpaired) electrons. The third-order valence-electron chi connectivity index (χ3n) is 4.59. The van der Waals surface area contributed by atoms with Crippen molar-refractivity contribution in [1.29, 1.82) is 0 Å². The number of carbonyl (C=O) groups excluding carboxylic acids is 2. The van der Waals surface area contributed by atoms with E-state index in [4.69, 9.17) is 0 Å². The van der Waals surface area contributed by atoms with Crippen molar-refractivity contribution in [2.45, 2.75) is 12.8 Å². The van der Waals surface area contributed by atoms with Gasteiger partial charge in [0.15, 0.2) is 0 Å². The number of hydrogen-bond acceptors (Lipinski definition) is 4. The van der Waals surface area contributed by atoms with Crippen molar-refractivity contribution in [3.8, 4) is 0 Å². The summed E-state index contributed by atoms with van der Waals surface area (Å²) in [5, 5.41) is 0. The molecule has 6 nitrogen and oxygen atoms in total. The van der Waals surface area contributed by atoms with E-state index in [1.807, 2.05) is 31.2 Å². The number of fused-ring (bicyclic) bond motifs is 1. The van der Waals surface area contributed by atoms with Crippen molar-refractivity contribution >= 4 is 27.5 Å². The van der Waals surface area contributed by atoms with Gasteiger partial charge in [-0.2, -0.15) is 0 Å². The van der Waals surface area contributed by atoms with Gasteiger partial charge in [0.05, 0.1) is 18.1 Å². The minimum atomic E-state index is -3.60. The van der Waals surface area contributed by atoms with Crippen LogP contribution < -0.4 is 4.90 Å². The molecule has 0 aromatic heterocycles. The number of carbonyl (C=O) groups is 2. The molecule has 0 spiro atoms. The minimum Gasteiger partial charge on any atom is -0.315 e. The summed E-state index contributed by atoms with van der Waals surface area (Å²) in [4.78, 5) is 26.7. The first kappa shape index (κ1) is 15.0. The molecule has 7 heteroatoms. The Labute approximate surface area is 129 Å². The molecule has 3 atom stereocenters. The molecule has 0 saturated carbocycles. The van der Waals surface area contributed by atoms with Crippen LogP contribution >= 0.6 is 0 Å². The van der Waals surface area contributed by atoms with Gasteiger partial charge < -0.3 is 4.90 Å². The lowest BCUT2D eigenvalue weighted by Gasteiger charge is -2.20. The van der Waals surface area contributed by atoms with Gasteiger partial charge in [0.25, 0.3) is 0 Å². The highest BCUT2D eigenvalue weighted by Crippen LogP contribution is 2.45. The molecule has 3 unspecified atom stereocenters. The van der Waals surface area contributed by atoms with Crippen molar-refractivity contribution < 1.29 is 18.0 Å². The Kier molecular flexibility index (Phi) is 3.28. The largest absolute Gasteiger partial charge is 0.315 e. The van der Waals surface area contributed by atoms with Crippen molar-refractivity contribution in [3.05, 3.63) is 29.8 Å². The fourth-order valence-corrected chi connectivity index (χ4v) is 4.46. The van der Waals surface area contributed by atoms with Crippen molar-refractivity contribution in [1.82, 2.24) is 4.31 Å². The van der Waals surface area contributed by atoms with E-state index >= 15 is 0 Å². The quantitative estimate of drug-likeness (QED) is 0.807. The average Bonchev–Trinajstić information content (AvgIpc) is 2.87. The van der Waals surface area contributed by atoms with Crippen LogP contribution in [0.4, 0.5) is 5.69 Å². The topological polar surface area (TPSA) is 74.8 Å². The Bertz CT molecular complexity index is 759. The summed E-state index contributed by atoms with van der Waals surface area (Å²) >= 11 is 0. The summed E-state index contributed by atoms with van der Waals surface area (Å²) in [6, 6.07) is 7.35. The number of sulfonamides is 1. The van der Waals surface area contributed by atoms with Gasteiger partial charge in [-0.1, -0.05) is 25.1 Å². The molecule has 3 rings (SSSR count). The molecule has 0 aliphatic carbocycles. The predicted molar refractivity (Wildman–Crippen MR) is 81.8 cm³/mol. The van der Waals surface area contributed by atoms with Crippen LogP contribution in [0, 0.1) is 11.8 Å². The number of amides is 2. The fourth-order valence-electron chi connectivity index (χ4n) is 3.51. The van der Waals surface area contributed by atoms with Gasteiger partial charge in [-0.25, -0.2) is 12.7 Å². The van der Waals surface area contributed by atoms with Gasteiger partial charge in [-0.3, -0.25) is 9.59 Å². The highest BCUT2D eigenvalue weighted by atomic mass is 32.2. The van der Waals surface area contributed by atoms with E-state index in [0.717, 1.165) is 21.8 Å². The van der Waals surface area contributed by atoms with Crippen LogP contribution in [0.15, 0.2) is 24.3 Å². The molecule has 1 aromatic rings. The van der Waals surface area contributed by atoms with Crippen LogP contribution in [0.5, 0.6) is 0 Å². The molecule has 22 heavy (non-hydrogen) atoms. The molecule has 118 valence electrons. The summed E-state index contributed by atoms with van der Waals surface area (Å²) in [7, 11) is -1.92. The first-order valence-electron chi connectivity index (χ1n) is 7.11. The lowest BCUT2D eigenvalue weighted by molar-refractivity contribution is -0.131. The highest BCUT2D eigenvalue weighted by molar-refractivity contribution is 7.88. The van der Waals surface area contributed by atoms with Crippen LogP contribution in [-0.2, 0) is 19.6 Å². The van der Waals surface area contributed by atoms with Crippen LogP contribution in [0.25, 0.3) is 0 Å². The number of nitrogens with zero attached hydrogens (tertiary/aromatic N) is 2. The minimum absolute atomic E-state index is 0.137. The van der Waals surface area contributed by atoms with Gasteiger partial charge >= 0.3 is 0 Å². The number of hydrogen-bond donors (Lipinski definition) is 0. The number of likely N-dealkylation sites (N-methyl/N-ethyl adjacent to an activating group) is 1. The Morgan fingerprint density at radius 1 is 1.14 bits per heavy atom. The predicted octanol–water partition coefficient (Wildman–Crippen LogP) is 0.801. The molecule has 1 saturated heterocycles. The zero-order chi connectivity index (χ0) is 16.2. The van der Waals surface area contributed by atoms with Crippen LogP contribution in [0.1, 0.15) is 18.4 Å². The number of benzene rings is 1.